The molecule has 2 aliphatic heterocycles. The minimum absolute atomic E-state index is 0.00379. The first-order valence-electron chi connectivity index (χ1n) is 9.39. The van der Waals surface area contributed by atoms with Gasteiger partial charge in [-0.1, -0.05) is 23.6 Å². The van der Waals surface area contributed by atoms with E-state index in [1.807, 2.05) is 0 Å². The maximum absolute atomic E-state index is 12.5. The minimum atomic E-state index is 0.00379. The molecule has 0 aromatic heterocycles. The van der Waals surface area contributed by atoms with Crippen molar-refractivity contribution in [3.05, 3.63) is 23.3 Å². The summed E-state index contributed by atoms with van der Waals surface area (Å²) in [6, 6.07) is 0. The molecule has 0 saturated carbocycles. The molecule has 0 aromatic carbocycles. The summed E-state index contributed by atoms with van der Waals surface area (Å²) in [5.74, 6) is 0.450. The van der Waals surface area contributed by atoms with E-state index in [0.29, 0.717) is 5.92 Å². The second-order valence-electron chi connectivity index (χ2n) is 7.67. The zero-order chi connectivity index (χ0) is 16.2. The van der Waals surface area contributed by atoms with Gasteiger partial charge in [-0.3, -0.25) is 4.79 Å². The van der Waals surface area contributed by atoms with Gasteiger partial charge in [0.25, 0.3) is 0 Å². The Morgan fingerprint density at radius 2 is 1.87 bits per heavy atom. The van der Waals surface area contributed by atoms with Crippen molar-refractivity contribution in [3.8, 4) is 0 Å². The van der Waals surface area contributed by atoms with Crippen LogP contribution in [0.5, 0.6) is 0 Å². The number of carbonyl (C=O) groups excluding carboxylic acids is 1. The topological polar surface area (TPSA) is 29.5 Å². The number of likely N-dealkylation sites (tertiary alicyclic amines) is 1. The molecule has 0 radical (unpaired) electrons. The Balaban J connectivity index is 1.73. The quantitative estimate of drug-likeness (QED) is 0.567. The summed E-state index contributed by atoms with van der Waals surface area (Å²) >= 11 is 0. The summed E-state index contributed by atoms with van der Waals surface area (Å²) in [5, 5.41) is 0. The van der Waals surface area contributed by atoms with Crippen LogP contribution in [-0.4, -0.2) is 36.6 Å². The van der Waals surface area contributed by atoms with Crippen molar-refractivity contribution in [1.29, 1.82) is 0 Å². The summed E-state index contributed by atoms with van der Waals surface area (Å²) in [6.45, 7) is 7.60. The minimum Gasteiger partial charge on any atom is -0.458 e. The van der Waals surface area contributed by atoms with E-state index in [0.717, 1.165) is 45.3 Å². The first-order valence-corrected chi connectivity index (χ1v) is 9.39. The summed E-state index contributed by atoms with van der Waals surface area (Å²) < 4.78 is 5.79. The fraction of sp³-hybridized carbons (Fsp3) is 0.750. The fourth-order valence-corrected chi connectivity index (χ4v) is 4.25. The van der Waals surface area contributed by atoms with Gasteiger partial charge in [0.2, 0.25) is 0 Å². The lowest BCUT2D eigenvalue weighted by molar-refractivity contribution is -0.143. The monoisotopic (exact) mass is 317 g/mol. The Morgan fingerprint density at radius 1 is 1.13 bits per heavy atom. The lowest BCUT2D eigenvalue weighted by Gasteiger charge is -2.30. The van der Waals surface area contributed by atoms with Crippen molar-refractivity contribution >= 4 is 5.97 Å². The molecule has 0 amide bonds. The highest BCUT2D eigenvalue weighted by Gasteiger charge is 2.43. The Bertz CT molecular complexity index is 488. The zero-order valence-corrected chi connectivity index (χ0v) is 14.7. The number of carbonyl (C=O) groups is 1. The van der Waals surface area contributed by atoms with Crippen LogP contribution in [0.3, 0.4) is 0 Å². The van der Waals surface area contributed by atoms with Crippen molar-refractivity contribution in [2.75, 3.05) is 19.6 Å². The highest BCUT2D eigenvalue weighted by Crippen LogP contribution is 2.36. The summed E-state index contributed by atoms with van der Waals surface area (Å²) in [4.78, 5) is 15.0. The van der Waals surface area contributed by atoms with E-state index in [2.05, 4.69) is 30.9 Å². The molecular weight excluding hydrogens is 286 g/mol. The van der Waals surface area contributed by atoms with Crippen LogP contribution in [0.1, 0.15) is 58.8 Å². The molecule has 1 aliphatic carbocycles. The molecule has 0 spiro atoms. The smallest absolute Gasteiger partial charge is 0.311 e. The number of hydrogen-bond donors (Lipinski definition) is 0. The number of fused-ring (bicyclic) bond motifs is 1. The van der Waals surface area contributed by atoms with Crippen LogP contribution in [0.15, 0.2) is 23.3 Å². The Hall–Kier alpha value is -1.09. The van der Waals surface area contributed by atoms with Crippen LogP contribution in [0.4, 0.5) is 0 Å². The average Bonchev–Trinajstić information content (AvgIpc) is 2.82. The highest BCUT2D eigenvalue weighted by molar-refractivity contribution is 5.76. The molecule has 0 aromatic rings. The zero-order valence-electron chi connectivity index (χ0n) is 14.7. The van der Waals surface area contributed by atoms with Crippen molar-refractivity contribution in [1.82, 2.24) is 4.90 Å². The summed E-state index contributed by atoms with van der Waals surface area (Å²) in [6.07, 6.45) is 12.8. The van der Waals surface area contributed by atoms with E-state index < -0.39 is 0 Å². The van der Waals surface area contributed by atoms with Gasteiger partial charge in [-0.25, -0.2) is 0 Å². The third-order valence-corrected chi connectivity index (χ3v) is 5.75. The van der Waals surface area contributed by atoms with Crippen LogP contribution in [0.2, 0.25) is 0 Å². The molecule has 3 atom stereocenters. The van der Waals surface area contributed by atoms with E-state index in [9.17, 15) is 4.79 Å². The molecule has 3 heteroatoms. The Labute approximate surface area is 140 Å². The molecule has 3 nitrogen and oxygen atoms in total. The van der Waals surface area contributed by atoms with Crippen molar-refractivity contribution in [2.24, 2.45) is 11.8 Å². The molecule has 128 valence electrons. The fourth-order valence-electron chi connectivity index (χ4n) is 4.25. The van der Waals surface area contributed by atoms with Gasteiger partial charge in [0.05, 0.1) is 5.92 Å². The van der Waals surface area contributed by atoms with E-state index in [1.54, 1.807) is 0 Å². The molecule has 2 saturated heterocycles. The second kappa shape index (κ2) is 7.65. The Kier molecular flexibility index (Phi) is 5.58. The normalized spacial score (nSPS) is 38.0. The van der Waals surface area contributed by atoms with Crippen LogP contribution in [0, 0.1) is 11.8 Å². The van der Waals surface area contributed by atoms with E-state index >= 15 is 0 Å². The number of hydrogen-bond acceptors (Lipinski definition) is 3. The van der Waals surface area contributed by atoms with E-state index in [1.165, 1.54) is 30.4 Å². The molecular formula is C20H31NO2. The maximum Gasteiger partial charge on any atom is 0.311 e. The van der Waals surface area contributed by atoms with Gasteiger partial charge < -0.3 is 9.64 Å². The van der Waals surface area contributed by atoms with Crippen LogP contribution >= 0.6 is 0 Å². The van der Waals surface area contributed by atoms with Crippen molar-refractivity contribution < 1.29 is 9.53 Å². The molecule has 2 heterocycles. The molecule has 2 fully saturated rings. The predicted molar refractivity (Wildman–Crippen MR) is 93.1 cm³/mol. The number of esters is 1. The molecule has 3 rings (SSSR count). The highest BCUT2D eigenvalue weighted by atomic mass is 16.6. The number of ether oxygens (including phenoxy) is 1. The SMILES string of the molecule is C/C1=C/CCC2C(/C=C(/C)CC1)OC(=O)C2CN1CCCCC1. The number of nitrogens with zero attached hydrogens (tertiary/aromatic N) is 1. The van der Waals surface area contributed by atoms with Gasteiger partial charge in [0, 0.05) is 12.5 Å². The third kappa shape index (κ3) is 4.26. The van der Waals surface area contributed by atoms with Crippen molar-refractivity contribution in [3.63, 3.8) is 0 Å². The Morgan fingerprint density at radius 3 is 2.65 bits per heavy atom. The molecule has 23 heavy (non-hydrogen) atoms. The first kappa shape index (κ1) is 16.8. The van der Waals surface area contributed by atoms with Crippen molar-refractivity contribution in [2.45, 2.75) is 64.9 Å². The van der Waals surface area contributed by atoms with Crippen LogP contribution in [0.25, 0.3) is 0 Å². The van der Waals surface area contributed by atoms with Gasteiger partial charge in [0.1, 0.15) is 6.10 Å². The van der Waals surface area contributed by atoms with Gasteiger partial charge >= 0.3 is 5.97 Å². The number of piperidine rings is 1. The summed E-state index contributed by atoms with van der Waals surface area (Å²) in [7, 11) is 0. The predicted octanol–water partition coefficient (Wildman–Crippen LogP) is 4.10. The first-order chi connectivity index (χ1) is 11.1. The molecule has 0 N–H and O–H groups in total. The maximum atomic E-state index is 12.5. The molecule has 3 aliphatic rings. The van der Waals surface area contributed by atoms with Gasteiger partial charge in [-0.05, 0) is 71.5 Å². The number of rotatable bonds is 2. The third-order valence-electron chi connectivity index (χ3n) is 5.75. The van der Waals surface area contributed by atoms with Gasteiger partial charge in [-0.2, -0.15) is 0 Å². The molecule has 3 unspecified atom stereocenters. The lowest BCUT2D eigenvalue weighted by Crippen LogP contribution is -2.38. The van der Waals surface area contributed by atoms with Crippen LogP contribution in [-0.2, 0) is 9.53 Å². The van der Waals surface area contributed by atoms with Gasteiger partial charge in [-0.15, -0.1) is 0 Å². The second-order valence-corrected chi connectivity index (χ2v) is 7.67. The van der Waals surface area contributed by atoms with Crippen LogP contribution < -0.4 is 0 Å². The summed E-state index contributed by atoms with van der Waals surface area (Å²) in [5.41, 5.74) is 2.84. The largest absolute Gasteiger partial charge is 0.458 e. The lowest BCUT2D eigenvalue weighted by atomic mass is 9.84. The molecule has 0 bridgehead atoms. The average molecular weight is 317 g/mol. The van der Waals surface area contributed by atoms with E-state index in [-0.39, 0.29) is 18.0 Å². The van der Waals surface area contributed by atoms with Gasteiger partial charge in [0.15, 0.2) is 0 Å². The standard InChI is InChI=1S/C20H31NO2/c1-15-7-6-8-17-18(14-21-11-4-3-5-12-21)20(22)23-19(17)13-16(2)10-9-15/h7,13,17-19H,3-6,8-12,14H2,1-2H3/b15-7-,16-13-. The number of allylic oxidation sites excluding steroid dienone is 3. The van der Waals surface area contributed by atoms with E-state index in [4.69, 9.17) is 4.74 Å².